The van der Waals surface area contributed by atoms with Crippen LogP contribution in [0, 0.1) is 0 Å². The van der Waals surface area contributed by atoms with Crippen molar-refractivity contribution in [3.05, 3.63) is 61.9 Å². The molecule has 1 N–H and O–H groups in total. The van der Waals surface area contributed by atoms with Gasteiger partial charge in [-0.05, 0) is 40.2 Å². The van der Waals surface area contributed by atoms with Crippen molar-refractivity contribution in [2.24, 2.45) is 0 Å². The molecule has 17 heteroatoms. The number of fused-ring (bicyclic) bond motifs is 1. The van der Waals surface area contributed by atoms with Gasteiger partial charge in [-0.2, -0.15) is 18.3 Å². The SMILES string of the molecule is COC1C(n2cc(-c3nc(Cl)cs3)nn2)[C@H]2OCC(O)C2O[C@H]1c1cc(Br)nn1-c1cc(Cl)ccc1C(F)(F)F. The summed E-state index contributed by atoms with van der Waals surface area (Å²) in [5.41, 5.74) is -0.572. The van der Waals surface area contributed by atoms with E-state index in [9.17, 15) is 18.3 Å². The third-order valence-electron chi connectivity index (χ3n) is 6.71. The number of halogens is 6. The maximum Gasteiger partial charge on any atom is 0.418 e. The van der Waals surface area contributed by atoms with Crippen LogP contribution in [0.1, 0.15) is 23.4 Å². The average molecular weight is 682 g/mol. The van der Waals surface area contributed by atoms with E-state index in [-0.39, 0.29) is 27.6 Å². The predicted molar refractivity (Wildman–Crippen MR) is 141 cm³/mol. The molecule has 0 saturated carbocycles. The van der Waals surface area contributed by atoms with Crippen molar-refractivity contribution < 1.29 is 32.5 Å². The Kier molecular flexibility index (Phi) is 7.44. The standard InChI is InChI=1S/C23H18BrCl2F3N6O4S/c1-37-20-17(34-6-11(31-33-34)22-30-16(26)8-40-22)21-19(14(36)7-38-21)39-18(20)13-5-15(24)32-35(13)12-4-9(25)2-3-10(12)23(27,28)29/h2-6,8,14,17-21,36H,7H2,1H3/t14?,17?,18-,19?,20?,21+/m0/s1. The molecule has 0 bridgehead atoms. The molecule has 2 aliphatic heterocycles. The van der Waals surface area contributed by atoms with Crippen molar-refractivity contribution in [3.8, 4) is 16.4 Å². The minimum atomic E-state index is -4.69. The second-order valence-corrected chi connectivity index (χ2v) is 11.6. The van der Waals surface area contributed by atoms with Gasteiger partial charge < -0.3 is 19.3 Å². The second-order valence-electron chi connectivity index (χ2n) is 9.10. The number of ether oxygens (including phenoxy) is 3. The number of nitrogens with zero attached hydrogens (tertiary/aromatic N) is 6. The molecule has 2 fully saturated rings. The molecule has 0 spiro atoms. The van der Waals surface area contributed by atoms with Crippen LogP contribution in [0.15, 0.2) is 40.4 Å². The summed E-state index contributed by atoms with van der Waals surface area (Å²) in [6.07, 6.45) is -7.50. The second kappa shape index (κ2) is 10.6. The predicted octanol–water partition coefficient (Wildman–Crippen LogP) is 5.13. The number of hydrogen-bond acceptors (Lipinski definition) is 9. The summed E-state index contributed by atoms with van der Waals surface area (Å²) in [6.45, 7) is -0.0197. The van der Waals surface area contributed by atoms with E-state index in [0.717, 1.165) is 16.8 Å². The summed E-state index contributed by atoms with van der Waals surface area (Å²) in [7, 11) is 1.44. The first-order valence-electron chi connectivity index (χ1n) is 11.7. The van der Waals surface area contributed by atoms with E-state index in [4.69, 9.17) is 37.4 Å². The Labute approximate surface area is 246 Å². The van der Waals surface area contributed by atoms with Gasteiger partial charge in [-0.1, -0.05) is 28.4 Å². The largest absolute Gasteiger partial charge is 0.418 e. The van der Waals surface area contributed by atoms with Crippen molar-refractivity contribution in [2.45, 2.75) is 42.7 Å². The molecule has 1 aromatic carbocycles. The highest BCUT2D eigenvalue weighted by atomic mass is 79.9. The topological polar surface area (TPSA) is 109 Å². The lowest BCUT2D eigenvalue weighted by Crippen LogP contribution is -2.53. The van der Waals surface area contributed by atoms with Crippen molar-refractivity contribution in [3.63, 3.8) is 0 Å². The molecule has 4 unspecified atom stereocenters. The smallest absolute Gasteiger partial charge is 0.388 e. The van der Waals surface area contributed by atoms with Crippen molar-refractivity contribution in [1.29, 1.82) is 0 Å². The monoisotopic (exact) mass is 680 g/mol. The summed E-state index contributed by atoms with van der Waals surface area (Å²) in [5.74, 6) is 0. The van der Waals surface area contributed by atoms with Crippen LogP contribution in [-0.2, 0) is 20.4 Å². The molecule has 6 rings (SSSR count). The van der Waals surface area contributed by atoms with Gasteiger partial charge in [0.2, 0.25) is 0 Å². The number of aliphatic hydroxyl groups excluding tert-OH is 1. The van der Waals surface area contributed by atoms with Crippen LogP contribution in [-0.4, -0.2) is 73.0 Å². The zero-order chi connectivity index (χ0) is 28.3. The Hall–Kier alpha value is -2.11. The summed E-state index contributed by atoms with van der Waals surface area (Å²) >= 11 is 16.7. The Balaban J connectivity index is 1.47. The molecule has 3 aromatic heterocycles. The Morgan fingerprint density at radius 1 is 1.23 bits per heavy atom. The minimum Gasteiger partial charge on any atom is -0.388 e. The third kappa shape index (κ3) is 4.96. The van der Waals surface area contributed by atoms with Gasteiger partial charge in [0.1, 0.15) is 57.0 Å². The molecule has 2 aliphatic rings. The van der Waals surface area contributed by atoms with Gasteiger partial charge in [-0.15, -0.1) is 16.4 Å². The van der Waals surface area contributed by atoms with Gasteiger partial charge in [0.05, 0.1) is 29.7 Å². The van der Waals surface area contributed by atoms with Gasteiger partial charge in [0.25, 0.3) is 0 Å². The van der Waals surface area contributed by atoms with Crippen molar-refractivity contribution >= 4 is 50.5 Å². The lowest BCUT2D eigenvalue weighted by atomic mass is 9.90. The first-order valence-corrected chi connectivity index (χ1v) is 14.1. The lowest BCUT2D eigenvalue weighted by molar-refractivity contribution is -0.203. The number of benzene rings is 1. The van der Waals surface area contributed by atoms with E-state index in [0.29, 0.717) is 15.9 Å². The molecular weight excluding hydrogens is 664 g/mol. The fourth-order valence-corrected chi connectivity index (χ4v) is 6.52. The maximum absolute atomic E-state index is 14.0. The Morgan fingerprint density at radius 3 is 2.73 bits per heavy atom. The molecule has 5 heterocycles. The molecule has 0 amide bonds. The van der Waals surface area contributed by atoms with Crippen LogP contribution in [0.5, 0.6) is 0 Å². The first kappa shape index (κ1) is 28.0. The average Bonchev–Trinajstić information content (AvgIpc) is 3.69. The van der Waals surface area contributed by atoms with Crippen LogP contribution in [0.2, 0.25) is 10.2 Å². The van der Waals surface area contributed by atoms with Gasteiger partial charge in [-0.3, -0.25) is 0 Å². The molecule has 2 saturated heterocycles. The van der Waals surface area contributed by atoms with E-state index in [1.54, 1.807) is 11.6 Å². The first-order chi connectivity index (χ1) is 19.0. The summed E-state index contributed by atoms with van der Waals surface area (Å²) < 4.78 is 63.0. The number of methoxy groups -OCH3 is 1. The number of hydrogen-bond donors (Lipinski definition) is 1. The van der Waals surface area contributed by atoms with Crippen LogP contribution < -0.4 is 0 Å². The zero-order valence-electron chi connectivity index (χ0n) is 20.2. The third-order valence-corrected chi connectivity index (χ3v) is 8.52. The van der Waals surface area contributed by atoms with E-state index in [1.165, 1.54) is 35.3 Å². The highest BCUT2D eigenvalue weighted by Crippen LogP contribution is 2.46. The minimum absolute atomic E-state index is 0.0197. The summed E-state index contributed by atoms with van der Waals surface area (Å²) in [5, 5.41) is 26.1. The van der Waals surface area contributed by atoms with E-state index in [2.05, 4.69) is 36.3 Å². The lowest BCUT2D eigenvalue weighted by Gasteiger charge is -2.43. The van der Waals surface area contributed by atoms with Gasteiger partial charge in [-0.25, -0.2) is 14.3 Å². The van der Waals surface area contributed by atoms with Crippen LogP contribution in [0.25, 0.3) is 16.4 Å². The number of thiazole rings is 1. The molecule has 0 radical (unpaired) electrons. The number of rotatable bonds is 5. The highest BCUT2D eigenvalue weighted by Gasteiger charge is 2.55. The number of aromatic nitrogens is 6. The van der Waals surface area contributed by atoms with Crippen LogP contribution in [0.3, 0.4) is 0 Å². The van der Waals surface area contributed by atoms with E-state index in [1.807, 2.05) is 0 Å². The molecule has 4 aromatic rings. The number of aliphatic hydroxyl groups is 1. The summed E-state index contributed by atoms with van der Waals surface area (Å²) in [4.78, 5) is 4.22. The summed E-state index contributed by atoms with van der Waals surface area (Å²) in [6, 6.07) is 4.05. The van der Waals surface area contributed by atoms with Gasteiger partial charge >= 0.3 is 6.18 Å². The number of alkyl halides is 3. The van der Waals surface area contributed by atoms with Crippen LogP contribution >= 0.6 is 50.5 Å². The quantitative estimate of drug-likeness (QED) is 0.309. The van der Waals surface area contributed by atoms with Gasteiger partial charge in [0, 0.05) is 17.5 Å². The zero-order valence-corrected chi connectivity index (χ0v) is 24.1. The fraction of sp³-hybridized carbons (Fsp3) is 0.391. The van der Waals surface area contributed by atoms with E-state index < -0.39 is 48.3 Å². The van der Waals surface area contributed by atoms with Gasteiger partial charge in [0.15, 0.2) is 0 Å². The maximum atomic E-state index is 14.0. The highest BCUT2D eigenvalue weighted by molar-refractivity contribution is 9.10. The Morgan fingerprint density at radius 2 is 2.02 bits per heavy atom. The normalized spacial score (nSPS) is 26.8. The van der Waals surface area contributed by atoms with Crippen molar-refractivity contribution in [1.82, 2.24) is 29.8 Å². The molecule has 212 valence electrons. The van der Waals surface area contributed by atoms with E-state index >= 15 is 0 Å². The molecule has 6 atom stereocenters. The fourth-order valence-electron chi connectivity index (χ4n) is 5.07. The Bertz CT molecular complexity index is 1550. The molecule has 10 nitrogen and oxygen atoms in total. The molecule has 0 aliphatic carbocycles. The molecule has 40 heavy (non-hydrogen) atoms. The van der Waals surface area contributed by atoms with Crippen LogP contribution in [0.4, 0.5) is 13.2 Å². The van der Waals surface area contributed by atoms with Crippen molar-refractivity contribution in [2.75, 3.05) is 13.7 Å². The molecular formula is C23H18BrCl2F3N6O4S.